The maximum absolute atomic E-state index is 14.3. The average Bonchev–Trinajstić information content (AvgIpc) is 3.99. The Morgan fingerprint density at radius 3 is 2.69 bits per heavy atom. The third-order valence-electron chi connectivity index (χ3n) is 11.8. The summed E-state index contributed by atoms with van der Waals surface area (Å²) in [5.41, 5.74) is 3.87. The van der Waals surface area contributed by atoms with E-state index in [1.807, 2.05) is 50.2 Å². The number of aromatic nitrogens is 3. The second kappa shape index (κ2) is 11.2. The number of hydrogen-bond donors (Lipinski definition) is 6. The van der Waals surface area contributed by atoms with Crippen molar-refractivity contribution in [2.24, 2.45) is 5.92 Å². The molecule has 10 bridgehead atoms. The summed E-state index contributed by atoms with van der Waals surface area (Å²) in [7, 11) is 0. The maximum Gasteiger partial charge on any atom is 0.252 e. The van der Waals surface area contributed by atoms with Gasteiger partial charge in [-0.2, -0.15) is 0 Å². The molecule has 0 aliphatic carbocycles. The number of benzene rings is 3. The molecule has 274 valence electrons. The molecule has 3 aromatic heterocycles. The van der Waals surface area contributed by atoms with Crippen molar-refractivity contribution in [1.82, 2.24) is 25.6 Å². The molecule has 3 aromatic carbocycles. The second-order valence-electron chi connectivity index (χ2n) is 15.1. The number of anilines is 1. The normalized spacial score (nSPS) is 21.8. The zero-order valence-corrected chi connectivity index (χ0v) is 30.0. The molecule has 1 spiro atoms. The molecule has 6 N–H and O–H groups in total. The number of hydrogen-bond acceptors (Lipinski definition) is 10. The first-order valence-electron chi connectivity index (χ1n) is 18.4. The predicted molar refractivity (Wildman–Crippen MR) is 198 cm³/mol. The lowest BCUT2D eigenvalue weighted by atomic mass is 9.72. The zero-order valence-electron chi connectivity index (χ0n) is 30.0. The fourth-order valence-corrected chi connectivity index (χ4v) is 8.77. The van der Waals surface area contributed by atoms with E-state index in [0.717, 1.165) is 38.9 Å². The van der Waals surface area contributed by atoms with Gasteiger partial charge in [-0.25, -0.2) is 9.97 Å². The third kappa shape index (κ3) is 4.23. The highest BCUT2D eigenvalue weighted by Gasteiger charge is 2.61. The van der Waals surface area contributed by atoms with Gasteiger partial charge in [-0.1, -0.05) is 58.0 Å². The number of aliphatic hydroxyl groups is 1. The molecule has 2 amide bonds. The number of aromatic hydroxyl groups is 1. The number of H-pyrrole nitrogens is 1. The van der Waals surface area contributed by atoms with Crippen LogP contribution in [-0.2, 0) is 21.4 Å². The largest absolute Gasteiger partial charge is 0.506 e. The van der Waals surface area contributed by atoms with Crippen molar-refractivity contribution in [3.05, 3.63) is 89.3 Å². The fraction of sp³-hybridized carbons (Fsp3) is 0.317. The quantitative estimate of drug-likeness (QED) is 0.122. The van der Waals surface area contributed by atoms with E-state index in [9.17, 15) is 19.8 Å². The topological polar surface area (TPSA) is 188 Å². The fourth-order valence-electron chi connectivity index (χ4n) is 8.77. The summed E-state index contributed by atoms with van der Waals surface area (Å²) in [4.78, 5) is 40.9. The van der Waals surface area contributed by atoms with Gasteiger partial charge in [0.15, 0.2) is 23.4 Å². The number of nitrogens with zero attached hydrogens (tertiary/aromatic N) is 2. The number of carbonyl (C=O) groups excluding carboxylic acids is 2. The number of ether oxygens (including phenoxy) is 1. The van der Waals surface area contributed by atoms with E-state index in [-0.39, 0.29) is 42.7 Å². The summed E-state index contributed by atoms with van der Waals surface area (Å²) in [6.45, 7) is 7.39. The molecule has 0 fully saturated rings. The third-order valence-corrected chi connectivity index (χ3v) is 11.8. The van der Waals surface area contributed by atoms with E-state index >= 15 is 0 Å². The second-order valence-corrected chi connectivity index (χ2v) is 15.1. The SMILES string of the molecule is CCC(O)(CC)C(=O)N[C@H]1Cc2ccc3c(c2)C24c5cccc(c5NC2O3)-c2ccc(O)c3[nH]cc(c23)-c2cnc(o2)-c2nc(oc24)[C@H](C(C)C)NC1=O. The van der Waals surface area contributed by atoms with Gasteiger partial charge < -0.3 is 44.7 Å². The minimum atomic E-state index is -1.63. The van der Waals surface area contributed by atoms with Gasteiger partial charge in [0.1, 0.15) is 34.6 Å². The Kier molecular flexibility index (Phi) is 6.76. The molecule has 0 saturated carbocycles. The van der Waals surface area contributed by atoms with Crippen LogP contribution in [0.3, 0.4) is 0 Å². The highest BCUT2D eigenvalue weighted by molar-refractivity contribution is 6.09. The number of oxazole rings is 2. The number of para-hydroxylation sites is 1. The van der Waals surface area contributed by atoms with Crippen LogP contribution in [0.4, 0.5) is 5.69 Å². The van der Waals surface area contributed by atoms with E-state index in [1.54, 1.807) is 32.3 Å². The molecule has 4 aliphatic heterocycles. The number of nitrogens with one attached hydrogen (secondary N) is 4. The van der Waals surface area contributed by atoms with E-state index in [1.165, 1.54) is 0 Å². The Bertz CT molecular complexity index is 2560. The van der Waals surface area contributed by atoms with Gasteiger partial charge >= 0.3 is 0 Å². The van der Waals surface area contributed by atoms with Crippen LogP contribution in [0.2, 0.25) is 0 Å². The van der Waals surface area contributed by atoms with E-state index < -0.39 is 41.1 Å². The lowest BCUT2D eigenvalue weighted by Crippen LogP contribution is -2.55. The molecular formula is C41H38N6O7. The Labute approximate surface area is 309 Å². The molecule has 54 heavy (non-hydrogen) atoms. The maximum atomic E-state index is 14.3. The van der Waals surface area contributed by atoms with Crippen molar-refractivity contribution in [3.63, 3.8) is 0 Å². The molecule has 0 radical (unpaired) electrons. The molecule has 6 aromatic rings. The summed E-state index contributed by atoms with van der Waals surface area (Å²) in [5, 5.41) is 32.6. The Hall–Kier alpha value is -6.08. The van der Waals surface area contributed by atoms with Crippen molar-refractivity contribution in [2.45, 2.75) is 76.3 Å². The van der Waals surface area contributed by atoms with E-state index in [0.29, 0.717) is 34.0 Å². The van der Waals surface area contributed by atoms with Crippen LogP contribution in [0.15, 0.2) is 69.8 Å². The molecule has 4 aliphatic rings. The van der Waals surface area contributed by atoms with Crippen LogP contribution in [-0.4, -0.2) is 54.9 Å². The lowest BCUT2D eigenvalue weighted by Gasteiger charge is -2.30. The molecule has 10 rings (SSSR count). The summed E-state index contributed by atoms with van der Waals surface area (Å²) in [5.74, 6) is 0.824. The number of rotatable bonds is 5. The van der Waals surface area contributed by atoms with Crippen LogP contribution in [0.1, 0.15) is 74.9 Å². The Morgan fingerprint density at radius 1 is 1.06 bits per heavy atom. The van der Waals surface area contributed by atoms with Crippen molar-refractivity contribution >= 4 is 28.4 Å². The van der Waals surface area contributed by atoms with Gasteiger partial charge in [0.05, 0.1) is 11.7 Å². The number of amides is 2. The first kappa shape index (κ1) is 32.6. The van der Waals surface area contributed by atoms with Crippen LogP contribution in [0.5, 0.6) is 11.5 Å². The van der Waals surface area contributed by atoms with Gasteiger partial charge in [0, 0.05) is 45.9 Å². The molecule has 13 heteroatoms. The number of phenolic OH excluding ortho intramolecular Hbond substituents is 1. The summed E-state index contributed by atoms with van der Waals surface area (Å²) in [6.07, 6.45) is 3.27. The monoisotopic (exact) mass is 726 g/mol. The molecule has 0 saturated heterocycles. The van der Waals surface area contributed by atoms with E-state index in [2.05, 4.69) is 27.0 Å². The minimum absolute atomic E-state index is 0.102. The minimum Gasteiger partial charge on any atom is -0.506 e. The Morgan fingerprint density at radius 2 is 1.89 bits per heavy atom. The van der Waals surface area contributed by atoms with Crippen LogP contribution >= 0.6 is 0 Å². The van der Waals surface area contributed by atoms with E-state index in [4.69, 9.17) is 23.5 Å². The molecule has 4 atom stereocenters. The molecule has 13 nitrogen and oxygen atoms in total. The lowest BCUT2D eigenvalue weighted by molar-refractivity contribution is -0.143. The summed E-state index contributed by atoms with van der Waals surface area (Å²) >= 11 is 0. The number of fused-ring (bicyclic) bond motifs is 7. The molecule has 7 heterocycles. The average molecular weight is 727 g/mol. The van der Waals surface area contributed by atoms with Crippen LogP contribution in [0, 0.1) is 5.92 Å². The summed E-state index contributed by atoms with van der Waals surface area (Å²) < 4.78 is 20.4. The molecular weight excluding hydrogens is 688 g/mol. The summed E-state index contributed by atoms with van der Waals surface area (Å²) in [6, 6.07) is 13.7. The smallest absolute Gasteiger partial charge is 0.252 e. The number of phenols is 1. The standard InChI is InChI=1S/C41H38N6O7/c1-5-40(51,6-2)38(50)44-25-15-19-10-13-27-24(14-19)41-23-9-7-8-21(31(23)47-39(41)53-27)20-11-12-26(48)32-29(20)22(16-42-32)28-17-43-36(52-28)33-34(41)54-37(46-33)30(18(3)4)45-35(25)49/h7-14,16-18,25,30,39,42,47-48,51H,5-6,15H2,1-4H3,(H,44,50)(H,45,49)/t25-,30-,39?,41?/m0/s1. The van der Waals surface area contributed by atoms with Crippen LogP contribution in [0.25, 0.3) is 44.9 Å². The first-order valence-corrected chi connectivity index (χ1v) is 18.4. The van der Waals surface area contributed by atoms with Gasteiger partial charge in [0.25, 0.3) is 5.91 Å². The number of carbonyl (C=O) groups is 2. The highest BCUT2D eigenvalue weighted by atomic mass is 16.5. The van der Waals surface area contributed by atoms with Gasteiger partial charge in [-0.05, 0) is 48.1 Å². The number of aromatic amines is 1. The molecule has 2 unspecified atom stereocenters. The van der Waals surface area contributed by atoms with Gasteiger partial charge in [0.2, 0.25) is 17.7 Å². The van der Waals surface area contributed by atoms with Gasteiger partial charge in [-0.15, -0.1) is 0 Å². The van der Waals surface area contributed by atoms with Crippen LogP contribution < -0.4 is 20.7 Å². The van der Waals surface area contributed by atoms with Crippen molar-refractivity contribution in [2.75, 3.05) is 5.32 Å². The zero-order chi connectivity index (χ0) is 37.3. The Balaban J connectivity index is 1.27. The predicted octanol–water partition coefficient (Wildman–Crippen LogP) is 6.05. The highest BCUT2D eigenvalue weighted by Crippen LogP contribution is 2.61. The van der Waals surface area contributed by atoms with Gasteiger partial charge in [-0.3, -0.25) is 9.59 Å². The first-order chi connectivity index (χ1) is 26.0. The van der Waals surface area contributed by atoms with Crippen molar-refractivity contribution in [3.8, 4) is 45.5 Å². The van der Waals surface area contributed by atoms with Crippen molar-refractivity contribution in [1.29, 1.82) is 0 Å². The van der Waals surface area contributed by atoms with Crippen molar-refractivity contribution < 1.29 is 33.4 Å².